The monoisotopic (exact) mass is 296 g/mol. The number of thiophene rings is 1. The number of ketones is 1. The summed E-state index contributed by atoms with van der Waals surface area (Å²) in [5, 5.41) is 2.09. The van der Waals surface area contributed by atoms with Gasteiger partial charge in [-0.15, -0.1) is 11.3 Å². The highest BCUT2D eigenvalue weighted by molar-refractivity contribution is 7.25. The molecule has 0 amide bonds. The number of hydrogen-bond acceptors (Lipinski definition) is 3. The molecule has 0 fully saturated rings. The fourth-order valence-electron chi connectivity index (χ4n) is 2.44. The number of rotatable bonds is 2. The van der Waals surface area contributed by atoms with Crippen molar-refractivity contribution < 1.29 is 9.59 Å². The maximum absolute atomic E-state index is 12.4. The second kappa shape index (κ2) is 4.78. The number of fused-ring (bicyclic) bond motifs is 3. The number of benzene rings is 2. The van der Waals surface area contributed by atoms with Crippen LogP contribution in [0.25, 0.3) is 20.2 Å². The molecule has 0 aliphatic heterocycles. The zero-order chi connectivity index (χ0) is 15.2. The van der Waals surface area contributed by atoms with Crippen molar-refractivity contribution in [2.45, 2.75) is 20.8 Å². The van der Waals surface area contributed by atoms with E-state index in [0.717, 1.165) is 32.0 Å². The smallest absolute Gasteiger partial charge is 0.168 e. The molecule has 0 atom stereocenters. The molecule has 21 heavy (non-hydrogen) atoms. The maximum Gasteiger partial charge on any atom is 0.168 e. The summed E-state index contributed by atoms with van der Waals surface area (Å²) < 4.78 is 2.27. The standard InChI is InChI=1S/C18H16O2S/c1-18(2,3)17(20)12-5-7-16-14(9-12)13-8-11(10-19)4-6-15(13)21-16/h4-10H,1-3H3. The summed E-state index contributed by atoms with van der Waals surface area (Å²) in [6, 6.07) is 11.5. The molecule has 3 heteroatoms. The van der Waals surface area contributed by atoms with Gasteiger partial charge in [0, 0.05) is 36.7 Å². The van der Waals surface area contributed by atoms with E-state index in [1.807, 2.05) is 57.2 Å². The quantitative estimate of drug-likeness (QED) is 0.487. The number of carbonyl (C=O) groups excluding carboxylic acids is 2. The summed E-state index contributed by atoms with van der Waals surface area (Å²) in [5.74, 6) is 0.135. The molecule has 0 aliphatic rings. The van der Waals surface area contributed by atoms with Crippen LogP contribution in [0.1, 0.15) is 41.5 Å². The molecule has 1 heterocycles. The van der Waals surface area contributed by atoms with E-state index in [9.17, 15) is 9.59 Å². The van der Waals surface area contributed by atoms with Crippen molar-refractivity contribution in [3.63, 3.8) is 0 Å². The lowest BCUT2D eigenvalue weighted by Gasteiger charge is -2.16. The third-order valence-electron chi connectivity index (χ3n) is 3.57. The second-order valence-corrected chi connectivity index (χ2v) is 7.35. The van der Waals surface area contributed by atoms with Crippen molar-refractivity contribution in [2.75, 3.05) is 0 Å². The molecule has 0 saturated carbocycles. The van der Waals surface area contributed by atoms with Crippen LogP contribution >= 0.6 is 11.3 Å². The van der Waals surface area contributed by atoms with Gasteiger partial charge in [-0.05, 0) is 30.3 Å². The van der Waals surface area contributed by atoms with Crippen LogP contribution in [0.15, 0.2) is 36.4 Å². The molecule has 2 nitrogen and oxygen atoms in total. The predicted octanol–water partition coefficient (Wildman–Crippen LogP) is 5.10. The van der Waals surface area contributed by atoms with E-state index in [2.05, 4.69) is 0 Å². The van der Waals surface area contributed by atoms with E-state index in [1.54, 1.807) is 11.3 Å². The van der Waals surface area contributed by atoms with E-state index in [1.165, 1.54) is 0 Å². The van der Waals surface area contributed by atoms with Crippen LogP contribution < -0.4 is 0 Å². The highest BCUT2D eigenvalue weighted by Gasteiger charge is 2.23. The lowest BCUT2D eigenvalue weighted by atomic mass is 9.86. The van der Waals surface area contributed by atoms with Gasteiger partial charge in [-0.1, -0.05) is 26.8 Å². The Hall–Kier alpha value is -2.00. The van der Waals surface area contributed by atoms with Gasteiger partial charge in [0.2, 0.25) is 0 Å². The van der Waals surface area contributed by atoms with Gasteiger partial charge >= 0.3 is 0 Å². The van der Waals surface area contributed by atoms with Gasteiger partial charge in [0.25, 0.3) is 0 Å². The van der Waals surface area contributed by atoms with Crippen LogP contribution in [0.2, 0.25) is 0 Å². The summed E-state index contributed by atoms with van der Waals surface area (Å²) in [6.45, 7) is 5.78. The Kier molecular flexibility index (Phi) is 3.18. The second-order valence-electron chi connectivity index (χ2n) is 6.27. The molecule has 0 saturated heterocycles. The number of Topliss-reactive ketones (excluding diaryl/α,β-unsaturated/α-hetero) is 1. The van der Waals surface area contributed by atoms with Crippen LogP contribution in [0.4, 0.5) is 0 Å². The minimum atomic E-state index is -0.395. The summed E-state index contributed by atoms with van der Waals surface area (Å²) in [7, 11) is 0. The molecule has 0 N–H and O–H groups in total. The fourth-order valence-corrected chi connectivity index (χ4v) is 3.51. The van der Waals surface area contributed by atoms with Crippen molar-refractivity contribution in [1.82, 2.24) is 0 Å². The largest absolute Gasteiger partial charge is 0.298 e. The molecule has 1 aromatic heterocycles. The van der Waals surface area contributed by atoms with E-state index in [4.69, 9.17) is 0 Å². The van der Waals surface area contributed by atoms with Crippen LogP contribution in [0.5, 0.6) is 0 Å². The third-order valence-corrected chi connectivity index (χ3v) is 4.72. The van der Waals surface area contributed by atoms with Gasteiger partial charge < -0.3 is 0 Å². The first-order valence-corrected chi connectivity index (χ1v) is 7.68. The lowest BCUT2D eigenvalue weighted by Crippen LogP contribution is -2.19. The van der Waals surface area contributed by atoms with Crippen LogP contribution in [-0.4, -0.2) is 12.1 Å². The van der Waals surface area contributed by atoms with E-state index in [0.29, 0.717) is 5.56 Å². The molecule has 2 aromatic carbocycles. The minimum Gasteiger partial charge on any atom is -0.298 e. The topological polar surface area (TPSA) is 34.1 Å². The Labute approximate surface area is 127 Å². The van der Waals surface area contributed by atoms with Crippen molar-refractivity contribution >= 4 is 43.6 Å². The van der Waals surface area contributed by atoms with E-state index < -0.39 is 5.41 Å². The van der Waals surface area contributed by atoms with Gasteiger partial charge in [-0.3, -0.25) is 9.59 Å². The Morgan fingerprint density at radius 1 is 1.00 bits per heavy atom. The van der Waals surface area contributed by atoms with Crippen LogP contribution in [-0.2, 0) is 0 Å². The van der Waals surface area contributed by atoms with Crippen LogP contribution in [0.3, 0.4) is 0 Å². The third kappa shape index (κ3) is 2.38. The molecule has 0 spiro atoms. The first-order valence-electron chi connectivity index (χ1n) is 6.86. The molecular formula is C18H16O2S. The summed E-state index contributed by atoms with van der Waals surface area (Å²) in [5.41, 5.74) is 0.994. The van der Waals surface area contributed by atoms with Crippen molar-refractivity contribution in [2.24, 2.45) is 5.41 Å². The average molecular weight is 296 g/mol. The zero-order valence-corrected chi connectivity index (χ0v) is 13.1. The number of carbonyl (C=O) groups is 2. The molecular weight excluding hydrogens is 280 g/mol. The Balaban J connectivity index is 2.26. The predicted molar refractivity (Wildman–Crippen MR) is 88.5 cm³/mol. The van der Waals surface area contributed by atoms with Crippen molar-refractivity contribution in [3.8, 4) is 0 Å². The SMILES string of the molecule is CC(C)(C)C(=O)c1ccc2sc3ccc(C=O)cc3c2c1. The highest BCUT2D eigenvalue weighted by Crippen LogP contribution is 2.35. The highest BCUT2D eigenvalue weighted by atomic mass is 32.1. The number of aldehydes is 1. The first kappa shape index (κ1) is 14.0. The van der Waals surface area contributed by atoms with Gasteiger partial charge in [-0.2, -0.15) is 0 Å². The molecule has 0 aliphatic carbocycles. The molecule has 3 rings (SSSR count). The van der Waals surface area contributed by atoms with Gasteiger partial charge in [0.1, 0.15) is 6.29 Å². The normalized spacial score (nSPS) is 12.0. The summed E-state index contributed by atoms with van der Waals surface area (Å²) >= 11 is 1.68. The molecule has 106 valence electrons. The van der Waals surface area contributed by atoms with Gasteiger partial charge in [0.05, 0.1) is 0 Å². The van der Waals surface area contributed by atoms with Crippen molar-refractivity contribution in [1.29, 1.82) is 0 Å². The zero-order valence-electron chi connectivity index (χ0n) is 12.3. The molecule has 0 bridgehead atoms. The molecule has 3 aromatic rings. The molecule has 0 unspecified atom stereocenters. The lowest BCUT2D eigenvalue weighted by molar-refractivity contribution is 0.0858. The van der Waals surface area contributed by atoms with Crippen LogP contribution in [0, 0.1) is 5.41 Å². The Morgan fingerprint density at radius 3 is 2.24 bits per heavy atom. The fraction of sp³-hybridized carbons (Fsp3) is 0.222. The minimum absolute atomic E-state index is 0.135. The Morgan fingerprint density at radius 2 is 1.62 bits per heavy atom. The summed E-state index contributed by atoms with van der Waals surface area (Å²) in [4.78, 5) is 23.4. The van der Waals surface area contributed by atoms with Crippen molar-refractivity contribution in [3.05, 3.63) is 47.5 Å². The van der Waals surface area contributed by atoms with Gasteiger partial charge in [-0.25, -0.2) is 0 Å². The number of hydrogen-bond donors (Lipinski definition) is 0. The van der Waals surface area contributed by atoms with E-state index >= 15 is 0 Å². The van der Waals surface area contributed by atoms with Gasteiger partial charge in [0.15, 0.2) is 5.78 Å². The van der Waals surface area contributed by atoms with E-state index in [-0.39, 0.29) is 5.78 Å². The Bertz CT molecular complexity index is 866. The first-order chi connectivity index (χ1) is 9.90. The average Bonchev–Trinajstić information content (AvgIpc) is 2.82. The summed E-state index contributed by atoms with van der Waals surface area (Å²) in [6.07, 6.45) is 0.854. The molecule has 0 radical (unpaired) electrons. The maximum atomic E-state index is 12.4.